The molecular weight excluding hydrogens is 237 g/mol. The van der Waals surface area contributed by atoms with Crippen LogP contribution in [0.3, 0.4) is 0 Å². The molecule has 1 fully saturated rings. The summed E-state index contributed by atoms with van der Waals surface area (Å²) in [6, 6.07) is 0. The second kappa shape index (κ2) is 6.18. The minimum absolute atomic E-state index is 0.354. The summed E-state index contributed by atoms with van der Waals surface area (Å²) in [5.74, 6) is -0.457. The molecule has 1 saturated heterocycles. The van der Waals surface area contributed by atoms with Crippen molar-refractivity contribution in [2.75, 3.05) is 19.7 Å². The molecule has 1 rings (SSSR count). The van der Waals surface area contributed by atoms with Gasteiger partial charge in [-0.1, -0.05) is 0 Å². The van der Waals surface area contributed by atoms with Crippen LogP contribution in [-0.4, -0.2) is 41.4 Å². The Morgan fingerprint density at radius 3 is 2.61 bits per heavy atom. The average Bonchev–Trinajstić information content (AvgIpc) is 2.51. The number of carbonyl (C=O) groups excluding carboxylic acids is 1. The number of hydrogen-bond acceptors (Lipinski definition) is 3. The molecule has 1 heterocycles. The van der Waals surface area contributed by atoms with Gasteiger partial charge in [-0.2, -0.15) is 0 Å². The average molecular weight is 259 g/mol. The molecule has 1 amide bonds. The van der Waals surface area contributed by atoms with Crippen molar-refractivity contribution in [1.82, 2.24) is 4.90 Å². The largest absolute Gasteiger partial charge is 0.444 e. The van der Waals surface area contributed by atoms with Crippen LogP contribution in [0.5, 0.6) is 0 Å². The first-order chi connectivity index (χ1) is 8.33. The summed E-state index contributed by atoms with van der Waals surface area (Å²) in [6.45, 7) is 5.91. The molecule has 5 heteroatoms. The standard InChI is InChI=1S/C13H22FNO3/c1-13(2,3)18-12(17)15-7-4-5-10(6-8-15)11(14)9-16/h16H,4-9H2,1-3H3. The Morgan fingerprint density at radius 2 is 2.06 bits per heavy atom. The Hall–Kier alpha value is -1.10. The summed E-state index contributed by atoms with van der Waals surface area (Å²) in [7, 11) is 0. The molecule has 1 aliphatic heterocycles. The molecule has 0 aliphatic carbocycles. The summed E-state index contributed by atoms with van der Waals surface area (Å²) in [5.41, 5.74) is 0.0989. The van der Waals surface area contributed by atoms with Crippen molar-refractivity contribution < 1.29 is 19.0 Å². The Balaban J connectivity index is 2.60. The fourth-order valence-corrected chi connectivity index (χ4v) is 1.88. The first kappa shape index (κ1) is 15.0. The number of aliphatic hydroxyl groups is 1. The number of rotatable bonds is 1. The number of hydrogen-bond donors (Lipinski definition) is 1. The van der Waals surface area contributed by atoms with E-state index in [2.05, 4.69) is 0 Å². The highest BCUT2D eigenvalue weighted by Crippen LogP contribution is 2.22. The molecule has 0 atom stereocenters. The van der Waals surface area contributed by atoms with E-state index >= 15 is 0 Å². The second-order valence-electron chi connectivity index (χ2n) is 5.49. The topological polar surface area (TPSA) is 49.8 Å². The van der Waals surface area contributed by atoms with E-state index in [1.807, 2.05) is 20.8 Å². The van der Waals surface area contributed by atoms with Crippen LogP contribution in [0.25, 0.3) is 0 Å². The van der Waals surface area contributed by atoms with Crippen LogP contribution in [0.4, 0.5) is 9.18 Å². The molecule has 18 heavy (non-hydrogen) atoms. The van der Waals surface area contributed by atoms with Crippen molar-refractivity contribution in [2.24, 2.45) is 0 Å². The van der Waals surface area contributed by atoms with E-state index in [-0.39, 0.29) is 6.09 Å². The van der Waals surface area contributed by atoms with Crippen molar-refractivity contribution in [2.45, 2.75) is 45.6 Å². The number of ether oxygens (including phenoxy) is 1. The van der Waals surface area contributed by atoms with Gasteiger partial charge in [-0.05, 0) is 45.6 Å². The Bertz CT molecular complexity index is 334. The minimum atomic E-state index is -0.554. The number of nitrogens with zero attached hydrogens (tertiary/aromatic N) is 1. The Labute approximate surface area is 107 Å². The van der Waals surface area contributed by atoms with Gasteiger partial charge in [0.15, 0.2) is 0 Å². The maximum absolute atomic E-state index is 13.3. The molecule has 0 saturated carbocycles. The van der Waals surface area contributed by atoms with Gasteiger partial charge >= 0.3 is 6.09 Å². The predicted molar refractivity (Wildman–Crippen MR) is 66.9 cm³/mol. The molecule has 0 radical (unpaired) electrons. The van der Waals surface area contributed by atoms with Crippen LogP contribution < -0.4 is 0 Å². The highest BCUT2D eigenvalue weighted by atomic mass is 19.1. The van der Waals surface area contributed by atoms with Gasteiger partial charge in [0.2, 0.25) is 0 Å². The fourth-order valence-electron chi connectivity index (χ4n) is 1.88. The maximum Gasteiger partial charge on any atom is 0.410 e. The van der Waals surface area contributed by atoms with Crippen molar-refractivity contribution in [3.63, 3.8) is 0 Å². The van der Waals surface area contributed by atoms with E-state index in [1.165, 1.54) is 0 Å². The SMILES string of the molecule is CC(C)(C)OC(=O)N1CCCC(=C(F)CO)CC1. The zero-order chi connectivity index (χ0) is 13.8. The van der Waals surface area contributed by atoms with Crippen molar-refractivity contribution in [1.29, 1.82) is 0 Å². The van der Waals surface area contributed by atoms with Crippen molar-refractivity contribution in [3.8, 4) is 0 Å². The Morgan fingerprint density at radius 1 is 1.39 bits per heavy atom. The quantitative estimate of drug-likeness (QED) is 0.787. The van der Waals surface area contributed by atoms with E-state index in [0.717, 1.165) is 0 Å². The number of likely N-dealkylation sites (tertiary alicyclic amines) is 1. The normalized spacial score (nSPS) is 20.4. The lowest BCUT2D eigenvalue weighted by atomic mass is 10.1. The van der Waals surface area contributed by atoms with E-state index in [1.54, 1.807) is 4.90 Å². The lowest BCUT2D eigenvalue weighted by molar-refractivity contribution is 0.0258. The Kier molecular flexibility index (Phi) is 5.14. The highest BCUT2D eigenvalue weighted by molar-refractivity contribution is 5.68. The molecule has 0 unspecified atom stereocenters. The fraction of sp³-hybridized carbons (Fsp3) is 0.769. The highest BCUT2D eigenvalue weighted by Gasteiger charge is 2.24. The van der Waals surface area contributed by atoms with Gasteiger partial charge in [0, 0.05) is 13.1 Å². The first-order valence-electron chi connectivity index (χ1n) is 6.28. The third-order valence-corrected chi connectivity index (χ3v) is 2.76. The van der Waals surface area contributed by atoms with Crippen LogP contribution >= 0.6 is 0 Å². The molecule has 4 nitrogen and oxygen atoms in total. The van der Waals surface area contributed by atoms with Gasteiger partial charge < -0.3 is 14.7 Å². The van der Waals surface area contributed by atoms with E-state index in [9.17, 15) is 9.18 Å². The predicted octanol–water partition coefficient (Wildman–Crippen LogP) is 2.62. The lowest BCUT2D eigenvalue weighted by Crippen LogP contribution is -2.37. The summed E-state index contributed by atoms with van der Waals surface area (Å²) in [6.07, 6.45) is 1.40. The monoisotopic (exact) mass is 259 g/mol. The zero-order valence-electron chi connectivity index (χ0n) is 11.3. The first-order valence-corrected chi connectivity index (χ1v) is 6.28. The van der Waals surface area contributed by atoms with E-state index < -0.39 is 18.0 Å². The van der Waals surface area contributed by atoms with Crippen LogP contribution in [0.1, 0.15) is 40.0 Å². The molecule has 104 valence electrons. The molecule has 1 N–H and O–H groups in total. The number of carbonyl (C=O) groups is 1. The summed E-state index contributed by atoms with van der Waals surface area (Å²) >= 11 is 0. The number of aliphatic hydroxyl groups excluding tert-OH is 1. The van der Waals surface area contributed by atoms with Gasteiger partial charge in [0.1, 0.15) is 11.4 Å². The van der Waals surface area contributed by atoms with Crippen molar-refractivity contribution in [3.05, 3.63) is 11.4 Å². The van der Waals surface area contributed by atoms with Crippen LogP contribution in [-0.2, 0) is 4.74 Å². The summed E-state index contributed by atoms with van der Waals surface area (Å²) in [5, 5.41) is 8.77. The van der Waals surface area contributed by atoms with Gasteiger partial charge in [-0.3, -0.25) is 0 Å². The van der Waals surface area contributed by atoms with Gasteiger partial charge in [-0.15, -0.1) is 0 Å². The van der Waals surface area contributed by atoms with Gasteiger partial charge in [0.25, 0.3) is 0 Å². The van der Waals surface area contributed by atoms with E-state index in [0.29, 0.717) is 37.9 Å². The van der Waals surface area contributed by atoms with Crippen LogP contribution in [0, 0.1) is 0 Å². The zero-order valence-corrected chi connectivity index (χ0v) is 11.3. The maximum atomic E-state index is 13.3. The number of halogens is 1. The molecule has 0 bridgehead atoms. The molecule has 1 aliphatic rings. The van der Waals surface area contributed by atoms with Crippen molar-refractivity contribution >= 4 is 6.09 Å². The molecule has 0 spiro atoms. The number of amides is 1. The van der Waals surface area contributed by atoms with Gasteiger partial charge in [-0.25, -0.2) is 9.18 Å². The summed E-state index contributed by atoms with van der Waals surface area (Å²) in [4.78, 5) is 13.5. The van der Waals surface area contributed by atoms with Crippen LogP contribution in [0.15, 0.2) is 11.4 Å². The van der Waals surface area contributed by atoms with Gasteiger partial charge in [0.05, 0.1) is 6.61 Å². The molecule has 0 aromatic heterocycles. The molecular formula is C13H22FNO3. The smallest absolute Gasteiger partial charge is 0.410 e. The third-order valence-electron chi connectivity index (χ3n) is 2.76. The summed E-state index contributed by atoms with van der Waals surface area (Å²) < 4.78 is 18.6. The molecule has 0 aromatic carbocycles. The second-order valence-corrected chi connectivity index (χ2v) is 5.49. The van der Waals surface area contributed by atoms with Crippen LogP contribution in [0.2, 0.25) is 0 Å². The minimum Gasteiger partial charge on any atom is -0.444 e. The lowest BCUT2D eigenvalue weighted by Gasteiger charge is -2.26. The third kappa shape index (κ3) is 4.64. The molecule has 0 aromatic rings. The van der Waals surface area contributed by atoms with E-state index in [4.69, 9.17) is 9.84 Å².